The quantitative estimate of drug-likeness (QED) is 0.543. The van der Waals surface area contributed by atoms with Crippen LogP contribution in [-0.2, 0) is 19.1 Å². The lowest BCUT2D eigenvalue weighted by atomic mass is 9.55. The van der Waals surface area contributed by atoms with Crippen LogP contribution < -0.4 is 0 Å². The first kappa shape index (κ1) is 19.9. The highest BCUT2D eigenvalue weighted by Crippen LogP contribution is 2.57. The maximum absolute atomic E-state index is 12.8. The Bertz CT molecular complexity index is 647. The van der Waals surface area contributed by atoms with E-state index in [2.05, 4.69) is 18.4 Å². The summed E-state index contributed by atoms with van der Waals surface area (Å²) in [4.78, 5) is 27.2. The van der Waals surface area contributed by atoms with E-state index in [1.807, 2.05) is 6.92 Å². The lowest BCUT2D eigenvalue weighted by molar-refractivity contribution is -0.150. The van der Waals surface area contributed by atoms with Gasteiger partial charge in [-0.05, 0) is 69.7 Å². The van der Waals surface area contributed by atoms with Gasteiger partial charge in [0, 0.05) is 19.0 Å². The zero-order valence-corrected chi connectivity index (χ0v) is 17.5. The molecule has 0 spiro atoms. The van der Waals surface area contributed by atoms with Crippen molar-refractivity contribution in [2.24, 2.45) is 29.1 Å². The molecule has 0 amide bonds. The number of likely N-dealkylation sites (tertiary alicyclic amines) is 1. The molecule has 4 aliphatic rings. The van der Waals surface area contributed by atoms with Crippen LogP contribution in [0.4, 0.5) is 0 Å². The number of esters is 2. The molecule has 5 nitrogen and oxygen atoms in total. The second kappa shape index (κ2) is 7.81. The summed E-state index contributed by atoms with van der Waals surface area (Å²) in [7, 11) is 0. The zero-order valence-electron chi connectivity index (χ0n) is 17.5. The molecule has 6 atom stereocenters. The van der Waals surface area contributed by atoms with E-state index >= 15 is 0 Å². The van der Waals surface area contributed by atoms with E-state index in [1.165, 1.54) is 18.4 Å². The Morgan fingerprint density at radius 3 is 3.00 bits per heavy atom. The van der Waals surface area contributed by atoms with E-state index in [0.717, 1.165) is 38.6 Å². The van der Waals surface area contributed by atoms with Crippen molar-refractivity contribution in [3.05, 3.63) is 12.2 Å². The molecule has 4 rings (SSSR count). The van der Waals surface area contributed by atoms with Gasteiger partial charge in [0.15, 0.2) is 0 Å². The number of ether oxygens (including phenoxy) is 2. The largest absolute Gasteiger partial charge is 0.466 e. The molecule has 2 aliphatic carbocycles. The van der Waals surface area contributed by atoms with Crippen molar-refractivity contribution in [2.75, 3.05) is 26.2 Å². The van der Waals surface area contributed by atoms with Gasteiger partial charge in [-0.15, -0.1) is 0 Å². The van der Waals surface area contributed by atoms with Crippen LogP contribution in [0.5, 0.6) is 0 Å². The van der Waals surface area contributed by atoms with Crippen LogP contribution in [0.2, 0.25) is 0 Å². The first-order valence-electron chi connectivity index (χ1n) is 11.2. The third-order valence-corrected chi connectivity index (χ3v) is 7.90. The minimum absolute atomic E-state index is 0.0267. The molecular formula is C23H35NO4. The summed E-state index contributed by atoms with van der Waals surface area (Å²) in [5.74, 6) is 0.573. The summed E-state index contributed by atoms with van der Waals surface area (Å²) in [6.45, 7) is 11.4. The third kappa shape index (κ3) is 3.62. The minimum Gasteiger partial charge on any atom is -0.466 e. The van der Waals surface area contributed by atoms with Gasteiger partial charge in [-0.25, -0.2) is 0 Å². The summed E-state index contributed by atoms with van der Waals surface area (Å²) in [6, 6.07) is 0. The molecule has 2 aliphatic heterocycles. The molecule has 0 aromatic carbocycles. The highest BCUT2D eigenvalue weighted by Gasteiger charge is 2.55. The van der Waals surface area contributed by atoms with E-state index in [-0.39, 0.29) is 35.3 Å². The topological polar surface area (TPSA) is 55.8 Å². The number of hydrogen-bond acceptors (Lipinski definition) is 5. The van der Waals surface area contributed by atoms with Crippen molar-refractivity contribution < 1.29 is 19.1 Å². The summed E-state index contributed by atoms with van der Waals surface area (Å²) in [5.41, 5.74) is 1.62. The highest BCUT2D eigenvalue weighted by atomic mass is 16.6. The summed E-state index contributed by atoms with van der Waals surface area (Å²) >= 11 is 0. The number of nitrogens with zero attached hydrogens (tertiary/aromatic N) is 1. The van der Waals surface area contributed by atoms with Crippen LogP contribution in [0.3, 0.4) is 0 Å². The summed E-state index contributed by atoms with van der Waals surface area (Å²) in [6.07, 6.45) is 7.51. The minimum atomic E-state index is -0.0917. The second-order valence-electron chi connectivity index (χ2n) is 9.75. The van der Waals surface area contributed by atoms with Crippen molar-refractivity contribution in [3.8, 4) is 0 Å². The standard InChI is InChI=1S/C23H35NO4/c1-4-27-21(25)16-8-6-10-24(13-16)14-18-17-11-19-15(2)7-5-9-23(19,3)12-20(17)28-22(18)26/h16-20H,2,4-14H2,1,3H3. The fourth-order valence-electron chi connectivity index (χ4n) is 6.42. The maximum atomic E-state index is 12.8. The molecule has 156 valence electrons. The Kier molecular flexibility index (Phi) is 5.56. The van der Waals surface area contributed by atoms with Gasteiger partial charge in [-0.1, -0.05) is 19.1 Å². The number of hydrogen-bond donors (Lipinski definition) is 0. The molecule has 2 heterocycles. The molecular weight excluding hydrogens is 354 g/mol. The van der Waals surface area contributed by atoms with Crippen LogP contribution in [0.25, 0.3) is 0 Å². The molecule has 5 heteroatoms. The Morgan fingerprint density at radius 1 is 1.39 bits per heavy atom. The van der Waals surface area contributed by atoms with E-state index in [9.17, 15) is 9.59 Å². The van der Waals surface area contributed by atoms with Gasteiger partial charge in [0.1, 0.15) is 6.10 Å². The number of carbonyl (C=O) groups excluding carboxylic acids is 2. The summed E-state index contributed by atoms with van der Waals surface area (Å²) < 4.78 is 11.1. The average molecular weight is 390 g/mol. The predicted octanol–water partition coefficient (Wildman–Crippen LogP) is 3.58. The van der Waals surface area contributed by atoms with Crippen LogP contribution in [0.15, 0.2) is 12.2 Å². The maximum Gasteiger partial charge on any atom is 0.310 e. The number of allylic oxidation sites excluding steroid dienone is 1. The lowest BCUT2D eigenvalue weighted by Crippen LogP contribution is -2.47. The van der Waals surface area contributed by atoms with Crippen LogP contribution in [0.1, 0.15) is 58.8 Å². The Labute approximate surface area is 168 Å². The molecule has 0 aromatic rings. The Hall–Kier alpha value is -1.36. The molecule has 4 fully saturated rings. The van der Waals surface area contributed by atoms with E-state index in [1.54, 1.807) is 0 Å². The molecule has 6 unspecified atom stereocenters. The molecule has 2 saturated heterocycles. The molecule has 0 N–H and O–H groups in total. The number of fused-ring (bicyclic) bond motifs is 2. The van der Waals surface area contributed by atoms with Gasteiger partial charge in [-0.3, -0.25) is 9.59 Å². The number of piperidine rings is 1. The molecule has 28 heavy (non-hydrogen) atoms. The Balaban J connectivity index is 1.43. The first-order valence-corrected chi connectivity index (χ1v) is 11.2. The zero-order chi connectivity index (χ0) is 19.9. The fraction of sp³-hybridized carbons (Fsp3) is 0.826. The van der Waals surface area contributed by atoms with Crippen LogP contribution >= 0.6 is 0 Å². The SMILES string of the molecule is C=C1CCCC2(C)CC3OC(=O)C(CN4CCCC(C(=O)OCC)C4)C3CC12. The van der Waals surface area contributed by atoms with Gasteiger partial charge in [0.05, 0.1) is 18.4 Å². The lowest BCUT2D eigenvalue weighted by Gasteiger charge is -2.50. The predicted molar refractivity (Wildman–Crippen MR) is 106 cm³/mol. The summed E-state index contributed by atoms with van der Waals surface area (Å²) in [5, 5.41) is 0. The van der Waals surface area contributed by atoms with E-state index in [4.69, 9.17) is 9.47 Å². The van der Waals surface area contributed by atoms with Crippen molar-refractivity contribution >= 4 is 11.9 Å². The molecule has 2 saturated carbocycles. The van der Waals surface area contributed by atoms with E-state index < -0.39 is 0 Å². The van der Waals surface area contributed by atoms with Gasteiger partial charge in [-0.2, -0.15) is 0 Å². The number of carbonyl (C=O) groups is 2. The molecule has 0 bridgehead atoms. The monoisotopic (exact) mass is 389 g/mol. The molecule has 0 radical (unpaired) electrons. The third-order valence-electron chi connectivity index (χ3n) is 7.90. The van der Waals surface area contributed by atoms with Gasteiger partial charge in [0.25, 0.3) is 0 Å². The van der Waals surface area contributed by atoms with E-state index in [0.29, 0.717) is 31.5 Å². The normalized spacial score (nSPS) is 41.1. The van der Waals surface area contributed by atoms with Gasteiger partial charge < -0.3 is 14.4 Å². The van der Waals surface area contributed by atoms with Gasteiger partial charge in [0.2, 0.25) is 0 Å². The van der Waals surface area contributed by atoms with Crippen LogP contribution in [-0.4, -0.2) is 49.2 Å². The van der Waals surface area contributed by atoms with Crippen molar-refractivity contribution in [3.63, 3.8) is 0 Å². The molecule has 0 aromatic heterocycles. The van der Waals surface area contributed by atoms with Gasteiger partial charge >= 0.3 is 11.9 Å². The first-order chi connectivity index (χ1) is 13.4. The van der Waals surface area contributed by atoms with Crippen molar-refractivity contribution in [1.29, 1.82) is 0 Å². The van der Waals surface area contributed by atoms with Crippen LogP contribution in [0, 0.1) is 29.1 Å². The van der Waals surface area contributed by atoms with Crippen molar-refractivity contribution in [2.45, 2.75) is 64.9 Å². The smallest absolute Gasteiger partial charge is 0.310 e. The Morgan fingerprint density at radius 2 is 2.21 bits per heavy atom. The highest BCUT2D eigenvalue weighted by molar-refractivity contribution is 5.76. The average Bonchev–Trinajstić information content (AvgIpc) is 2.94. The second-order valence-corrected chi connectivity index (χ2v) is 9.75. The number of rotatable bonds is 4. The fourth-order valence-corrected chi connectivity index (χ4v) is 6.42. The van der Waals surface area contributed by atoms with Crippen molar-refractivity contribution in [1.82, 2.24) is 4.90 Å².